The number of aliphatic hydroxyl groups excluding tert-OH is 1. The minimum Gasteiger partial charge on any atom is -0.396 e. The van der Waals surface area contributed by atoms with Gasteiger partial charge in [0, 0.05) is 6.61 Å². The van der Waals surface area contributed by atoms with E-state index < -0.39 is 0 Å². The van der Waals surface area contributed by atoms with E-state index in [0.717, 1.165) is 41.4 Å². The van der Waals surface area contributed by atoms with E-state index in [1.54, 1.807) is 12.8 Å². The molecule has 1 nitrogen and oxygen atoms in total. The van der Waals surface area contributed by atoms with Crippen LogP contribution in [0.25, 0.3) is 0 Å². The van der Waals surface area contributed by atoms with Crippen LogP contribution in [0.1, 0.15) is 85.0 Å². The zero-order valence-corrected chi connectivity index (χ0v) is 16.3. The summed E-state index contributed by atoms with van der Waals surface area (Å²) < 4.78 is 0. The molecule has 0 amide bonds. The first kappa shape index (κ1) is 17.4. The van der Waals surface area contributed by atoms with Crippen LogP contribution in [0.15, 0.2) is 0 Å². The number of hydrogen-bond acceptors (Lipinski definition) is 1. The van der Waals surface area contributed by atoms with Crippen LogP contribution < -0.4 is 0 Å². The second kappa shape index (κ2) is 6.60. The van der Waals surface area contributed by atoms with E-state index in [4.69, 9.17) is 0 Å². The molecule has 4 aliphatic carbocycles. The average Bonchev–Trinajstić information content (AvgIpc) is 2.97. The lowest BCUT2D eigenvalue weighted by atomic mass is 9.48. The Kier molecular flexibility index (Phi) is 4.78. The maximum Gasteiger partial charge on any atom is 0.0459 e. The molecule has 0 aromatic heterocycles. The smallest absolute Gasteiger partial charge is 0.0459 e. The van der Waals surface area contributed by atoms with E-state index in [2.05, 4.69) is 20.8 Å². The summed E-state index contributed by atoms with van der Waals surface area (Å²) in [4.78, 5) is 0. The quantitative estimate of drug-likeness (QED) is 0.681. The Hall–Kier alpha value is -0.0400. The molecule has 4 aliphatic rings. The van der Waals surface area contributed by atoms with Gasteiger partial charge >= 0.3 is 0 Å². The van der Waals surface area contributed by atoms with Crippen molar-refractivity contribution in [1.29, 1.82) is 0 Å². The molecule has 4 saturated carbocycles. The molecular formula is C23H40O. The summed E-state index contributed by atoms with van der Waals surface area (Å²) in [5.74, 6) is 7.53. The molecule has 1 N–H and O–H groups in total. The van der Waals surface area contributed by atoms with Gasteiger partial charge in [-0.3, -0.25) is 0 Å². The summed E-state index contributed by atoms with van der Waals surface area (Å²) >= 11 is 0. The molecule has 0 radical (unpaired) electrons. The zero-order valence-electron chi connectivity index (χ0n) is 16.3. The highest BCUT2D eigenvalue weighted by Crippen LogP contribution is 2.65. The van der Waals surface area contributed by atoms with Crippen molar-refractivity contribution >= 4 is 0 Å². The highest BCUT2D eigenvalue weighted by molar-refractivity contribution is 5.06. The molecule has 0 saturated heterocycles. The minimum atomic E-state index is 0.393. The fourth-order valence-corrected chi connectivity index (χ4v) is 8.42. The molecule has 9 unspecified atom stereocenters. The fraction of sp³-hybridized carbons (Fsp3) is 1.00. The molecule has 1 heteroatoms. The molecule has 0 spiro atoms. The SMILES string of the molecule is CCC1CCC2C(CCC3C2CCC2(C)C(C(C)CO)CCC32)C1. The first-order valence-electron chi connectivity index (χ1n) is 11.2. The van der Waals surface area contributed by atoms with Crippen molar-refractivity contribution in [3.63, 3.8) is 0 Å². The van der Waals surface area contributed by atoms with Crippen LogP contribution in [0, 0.1) is 52.8 Å². The van der Waals surface area contributed by atoms with Gasteiger partial charge in [0.25, 0.3) is 0 Å². The van der Waals surface area contributed by atoms with Crippen molar-refractivity contribution in [2.75, 3.05) is 6.61 Å². The fourth-order valence-electron chi connectivity index (χ4n) is 8.42. The first-order valence-corrected chi connectivity index (χ1v) is 11.2. The maximum absolute atomic E-state index is 9.73. The number of aliphatic hydroxyl groups is 1. The molecule has 0 heterocycles. The summed E-state index contributed by atoms with van der Waals surface area (Å²) in [5, 5.41) is 9.73. The molecule has 138 valence electrons. The van der Waals surface area contributed by atoms with Gasteiger partial charge < -0.3 is 5.11 Å². The van der Waals surface area contributed by atoms with Crippen LogP contribution in [-0.4, -0.2) is 11.7 Å². The van der Waals surface area contributed by atoms with Gasteiger partial charge in [-0.15, -0.1) is 0 Å². The highest BCUT2D eigenvalue weighted by atomic mass is 16.3. The standard InChI is InChI=1S/C23H40O/c1-4-16-5-7-18-17(13-16)6-8-20-19(18)11-12-23(3)21(15(2)14-24)9-10-22(20)23/h15-22,24H,4-14H2,1-3H3. The predicted octanol–water partition coefficient (Wildman–Crippen LogP) is 5.91. The monoisotopic (exact) mass is 332 g/mol. The third-order valence-corrected chi connectivity index (χ3v) is 9.69. The van der Waals surface area contributed by atoms with Gasteiger partial charge in [0.2, 0.25) is 0 Å². The summed E-state index contributed by atoms with van der Waals surface area (Å²) in [7, 11) is 0. The molecular weight excluding hydrogens is 292 g/mol. The highest BCUT2D eigenvalue weighted by Gasteiger charge is 2.57. The molecule has 24 heavy (non-hydrogen) atoms. The second-order valence-electron chi connectivity index (χ2n) is 10.4. The van der Waals surface area contributed by atoms with E-state index in [1.165, 1.54) is 51.4 Å². The van der Waals surface area contributed by atoms with Crippen LogP contribution in [0.4, 0.5) is 0 Å². The topological polar surface area (TPSA) is 20.2 Å². The minimum absolute atomic E-state index is 0.393. The van der Waals surface area contributed by atoms with E-state index in [1.807, 2.05) is 0 Å². The molecule has 9 atom stereocenters. The van der Waals surface area contributed by atoms with Crippen molar-refractivity contribution in [2.24, 2.45) is 52.8 Å². The van der Waals surface area contributed by atoms with E-state index >= 15 is 0 Å². The lowest BCUT2D eigenvalue weighted by Gasteiger charge is -2.56. The van der Waals surface area contributed by atoms with E-state index in [9.17, 15) is 5.11 Å². The third-order valence-electron chi connectivity index (χ3n) is 9.69. The Balaban J connectivity index is 1.51. The molecule has 0 bridgehead atoms. The van der Waals surface area contributed by atoms with Gasteiger partial charge in [-0.1, -0.05) is 33.6 Å². The van der Waals surface area contributed by atoms with Crippen LogP contribution in [0.3, 0.4) is 0 Å². The van der Waals surface area contributed by atoms with Gasteiger partial charge in [0.05, 0.1) is 0 Å². The maximum atomic E-state index is 9.73. The van der Waals surface area contributed by atoms with Gasteiger partial charge in [0.15, 0.2) is 0 Å². The largest absolute Gasteiger partial charge is 0.396 e. The predicted molar refractivity (Wildman–Crippen MR) is 101 cm³/mol. The molecule has 4 rings (SSSR count). The Morgan fingerprint density at radius 2 is 1.75 bits per heavy atom. The Bertz CT molecular complexity index is 445. The Labute approximate surface area is 150 Å². The van der Waals surface area contributed by atoms with E-state index in [-0.39, 0.29) is 0 Å². The Morgan fingerprint density at radius 3 is 2.50 bits per heavy atom. The molecule has 0 aromatic carbocycles. The number of rotatable bonds is 3. The number of hydrogen-bond donors (Lipinski definition) is 1. The number of fused-ring (bicyclic) bond motifs is 5. The first-order chi connectivity index (χ1) is 11.6. The lowest BCUT2D eigenvalue weighted by molar-refractivity contribution is -0.0762. The molecule has 4 fully saturated rings. The summed E-state index contributed by atoms with van der Waals surface area (Å²) in [6.45, 7) is 7.71. The van der Waals surface area contributed by atoms with Crippen LogP contribution in [-0.2, 0) is 0 Å². The molecule has 0 aliphatic heterocycles. The van der Waals surface area contributed by atoms with E-state index in [0.29, 0.717) is 17.9 Å². The van der Waals surface area contributed by atoms with Crippen molar-refractivity contribution in [2.45, 2.75) is 85.0 Å². The third kappa shape index (κ3) is 2.60. The van der Waals surface area contributed by atoms with Gasteiger partial charge in [-0.05, 0) is 104 Å². The summed E-state index contributed by atoms with van der Waals surface area (Å²) in [6.07, 6.45) is 14.9. The zero-order chi connectivity index (χ0) is 16.9. The molecule has 0 aromatic rings. The van der Waals surface area contributed by atoms with Crippen molar-refractivity contribution in [3.05, 3.63) is 0 Å². The van der Waals surface area contributed by atoms with Crippen molar-refractivity contribution in [1.82, 2.24) is 0 Å². The second-order valence-corrected chi connectivity index (χ2v) is 10.4. The van der Waals surface area contributed by atoms with Gasteiger partial charge in [-0.2, -0.15) is 0 Å². The average molecular weight is 333 g/mol. The summed E-state index contributed by atoms with van der Waals surface area (Å²) in [6, 6.07) is 0. The van der Waals surface area contributed by atoms with Crippen LogP contribution in [0.2, 0.25) is 0 Å². The van der Waals surface area contributed by atoms with Gasteiger partial charge in [-0.25, -0.2) is 0 Å². The lowest BCUT2D eigenvalue weighted by Crippen LogP contribution is -2.49. The summed E-state index contributed by atoms with van der Waals surface area (Å²) in [5.41, 5.74) is 0.538. The van der Waals surface area contributed by atoms with Crippen molar-refractivity contribution in [3.8, 4) is 0 Å². The van der Waals surface area contributed by atoms with Crippen LogP contribution in [0.5, 0.6) is 0 Å². The Morgan fingerprint density at radius 1 is 0.958 bits per heavy atom. The normalized spacial score (nSPS) is 52.2. The van der Waals surface area contributed by atoms with Crippen LogP contribution >= 0.6 is 0 Å². The van der Waals surface area contributed by atoms with Gasteiger partial charge in [0.1, 0.15) is 0 Å². The van der Waals surface area contributed by atoms with Crippen molar-refractivity contribution < 1.29 is 5.11 Å².